The quantitative estimate of drug-likeness (QED) is 0.716. The summed E-state index contributed by atoms with van der Waals surface area (Å²) in [5.74, 6) is 2.12. The maximum absolute atomic E-state index is 12.6. The summed E-state index contributed by atoms with van der Waals surface area (Å²) in [6.45, 7) is 2.18. The number of hydrogen-bond donors (Lipinski definition) is 1. The van der Waals surface area contributed by atoms with Crippen LogP contribution in [0.1, 0.15) is 35.1 Å². The average molecular weight is 383 g/mol. The summed E-state index contributed by atoms with van der Waals surface area (Å²) >= 11 is 0. The molecule has 28 heavy (non-hydrogen) atoms. The lowest BCUT2D eigenvalue weighted by molar-refractivity contribution is 0.101. The van der Waals surface area contributed by atoms with Crippen molar-refractivity contribution < 1.29 is 23.3 Å². The fourth-order valence-corrected chi connectivity index (χ4v) is 3.36. The van der Waals surface area contributed by atoms with Crippen LogP contribution in [0.3, 0.4) is 0 Å². The van der Waals surface area contributed by atoms with E-state index < -0.39 is 5.91 Å². The number of carbonyl (C=O) groups excluding carboxylic acids is 1. The third-order valence-electron chi connectivity index (χ3n) is 4.93. The molecule has 1 atom stereocenters. The molecule has 1 aromatic carbocycles. The first-order valence-electron chi connectivity index (χ1n) is 9.07. The van der Waals surface area contributed by atoms with Gasteiger partial charge in [0.25, 0.3) is 5.91 Å². The van der Waals surface area contributed by atoms with Gasteiger partial charge in [0.2, 0.25) is 5.88 Å². The molecule has 1 aliphatic rings. The Hall–Kier alpha value is -3.29. The molecule has 146 valence electrons. The Balaban J connectivity index is 1.53. The number of benzene rings is 1. The molecule has 4 rings (SSSR count). The van der Waals surface area contributed by atoms with Gasteiger partial charge in [-0.15, -0.1) is 0 Å². The molecule has 0 saturated heterocycles. The summed E-state index contributed by atoms with van der Waals surface area (Å²) in [5, 5.41) is 10.7. The van der Waals surface area contributed by atoms with Crippen molar-refractivity contribution in [1.82, 2.24) is 10.3 Å². The number of nitrogens with zero attached hydrogens (tertiary/aromatic N) is 2. The fourth-order valence-electron chi connectivity index (χ4n) is 3.36. The lowest BCUT2D eigenvalue weighted by atomic mass is 9.89. The van der Waals surface area contributed by atoms with Crippen LogP contribution in [0.15, 0.2) is 33.3 Å². The molecule has 1 unspecified atom stereocenters. The van der Waals surface area contributed by atoms with Gasteiger partial charge >= 0.3 is 0 Å². The molecule has 1 aliphatic carbocycles. The maximum atomic E-state index is 12.6. The van der Waals surface area contributed by atoms with Gasteiger partial charge in [0.05, 0.1) is 19.9 Å². The SMILES string of the molecule is COc1ccc(-c2cc(C(=O)Nc3onc4c3CC(C)CC4)no2)cc1OC. The zero-order valence-corrected chi connectivity index (χ0v) is 15.9. The number of amides is 1. The number of methoxy groups -OCH3 is 2. The van der Waals surface area contributed by atoms with E-state index in [1.807, 2.05) is 0 Å². The smallest absolute Gasteiger partial charge is 0.280 e. The molecule has 8 heteroatoms. The van der Waals surface area contributed by atoms with Crippen LogP contribution in [0.5, 0.6) is 11.5 Å². The highest BCUT2D eigenvalue weighted by Gasteiger charge is 2.25. The molecule has 0 spiro atoms. The van der Waals surface area contributed by atoms with Crippen molar-refractivity contribution in [2.75, 3.05) is 19.5 Å². The summed E-state index contributed by atoms with van der Waals surface area (Å²) in [6.07, 6.45) is 2.78. The fraction of sp³-hybridized carbons (Fsp3) is 0.350. The Morgan fingerprint density at radius 1 is 1.14 bits per heavy atom. The first-order valence-corrected chi connectivity index (χ1v) is 9.07. The van der Waals surface area contributed by atoms with Crippen molar-refractivity contribution in [3.63, 3.8) is 0 Å². The second-order valence-electron chi connectivity index (χ2n) is 6.89. The van der Waals surface area contributed by atoms with Gasteiger partial charge in [0.15, 0.2) is 23.0 Å². The molecule has 3 aromatic rings. The third-order valence-corrected chi connectivity index (χ3v) is 4.93. The van der Waals surface area contributed by atoms with Gasteiger partial charge in [-0.25, -0.2) is 0 Å². The van der Waals surface area contributed by atoms with Gasteiger partial charge in [-0.1, -0.05) is 17.2 Å². The van der Waals surface area contributed by atoms with Crippen molar-refractivity contribution in [1.29, 1.82) is 0 Å². The highest BCUT2D eigenvalue weighted by molar-refractivity contribution is 6.03. The van der Waals surface area contributed by atoms with Crippen LogP contribution in [0.4, 0.5) is 5.88 Å². The molecule has 1 N–H and O–H groups in total. The normalized spacial score (nSPS) is 15.8. The summed E-state index contributed by atoms with van der Waals surface area (Å²) in [6, 6.07) is 6.90. The zero-order chi connectivity index (χ0) is 19.7. The number of hydrogen-bond acceptors (Lipinski definition) is 7. The van der Waals surface area contributed by atoms with Gasteiger partial charge in [0.1, 0.15) is 0 Å². The Labute approximate surface area is 161 Å². The minimum atomic E-state index is -0.410. The predicted molar refractivity (Wildman–Crippen MR) is 101 cm³/mol. The molecule has 0 fully saturated rings. The van der Waals surface area contributed by atoms with E-state index in [9.17, 15) is 4.79 Å². The number of aromatic nitrogens is 2. The van der Waals surface area contributed by atoms with Gasteiger partial charge < -0.3 is 18.5 Å². The highest BCUT2D eigenvalue weighted by atomic mass is 16.5. The average Bonchev–Trinajstić information content (AvgIpc) is 3.35. The van der Waals surface area contributed by atoms with Gasteiger partial charge in [-0.3, -0.25) is 10.1 Å². The van der Waals surface area contributed by atoms with Gasteiger partial charge in [-0.2, -0.15) is 0 Å². The van der Waals surface area contributed by atoms with Crippen LogP contribution in [0.25, 0.3) is 11.3 Å². The molecular formula is C20H21N3O5. The third kappa shape index (κ3) is 3.33. The summed E-state index contributed by atoms with van der Waals surface area (Å²) in [5.41, 5.74) is 2.75. The lowest BCUT2D eigenvalue weighted by Crippen LogP contribution is -2.16. The van der Waals surface area contributed by atoms with E-state index in [1.165, 1.54) is 0 Å². The van der Waals surface area contributed by atoms with Crippen LogP contribution in [-0.2, 0) is 12.8 Å². The van der Waals surface area contributed by atoms with Crippen molar-refractivity contribution in [3.05, 3.63) is 41.2 Å². The number of fused-ring (bicyclic) bond motifs is 1. The molecule has 8 nitrogen and oxygen atoms in total. The Morgan fingerprint density at radius 3 is 2.75 bits per heavy atom. The number of aryl methyl sites for hydroxylation is 1. The molecular weight excluding hydrogens is 362 g/mol. The molecule has 0 radical (unpaired) electrons. The van der Waals surface area contributed by atoms with Gasteiger partial charge in [-0.05, 0) is 43.4 Å². The largest absolute Gasteiger partial charge is 0.493 e. The molecule has 2 heterocycles. The van der Waals surface area contributed by atoms with Crippen LogP contribution in [0, 0.1) is 5.92 Å². The Kier molecular flexibility index (Phi) is 4.77. The molecule has 2 aromatic heterocycles. The maximum Gasteiger partial charge on any atom is 0.280 e. The van der Waals surface area contributed by atoms with E-state index >= 15 is 0 Å². The van der Waals surface area contributed by atoms with E-state index in [2.05, 4.69) is 22.6 Å². The van der Waals surface area contributed by atoms with Crippen molar-refractivity contribution in [3.8, 4) is 22.8 Å². The first kappa shape index (κ1) is 18.1. The standard InChI is InChI=1S/C20H21N3O5/c1-11-4-6-14-13(8-11)20(28-22-14)21-19(24)15-10-17(27-23-15)12-5-7-16(25-2)18(9-12)26-3/h5,7,9-11H,4,6,8H2,1-3H3,(H,21,24). The van der Waals surface area contributed by atoms with E-state index in [4.69, 9.17) is 18.5 Å². The topological polar surface area (TPSA) is 99.6 Å². The second kappa shape index (κ2) is 7.38. The summed E-state index contributed by atoms with van der Waals surface area (Å²) in [4.78, 5) is 12.6. The van der Waals surface area contributed by atoms with Crippen molar-refractivity contribution >= 4 is 11.8 Å². The molecule has 0 bridgehead atoms. The zero-order valence-electron chi connectivity index (χ0n) is 15.9. The Morgan fingerprint density at radius 2 is 1.96 bits per heavy atom. The first-order chi connectivity index (χ1) is 13.6. The highest BCUT2D eigenvalue weighted by Crippen LogP contribution is 2.33. The number of anilines is 1. The second-order valence-corrected chi connectivity index (χ2v) is 6.89. The van der Waals surface area contributed by atoms with Crippen LogP contribution in [-0.4, -0.2) is 30.4 Å². The minimum Gasteiger partial charge on any atom is -0.493 e. The monoisotopic (exact) mass is 383 g/mol. The van der Waals surface area contributed by atoms with Crippen molar-refractivity contribution in [2.45, 2.75) is 26.2 Å². The predicted octanol–water partition coefficient (Wildman–Crippen LogP) is 3.72. The minimum absolute atomic E-state index is 0.152. The molecule has 1 amide bonds. The number of carbonyl (C=O) groups is 1. The van der Waals surface area contributed by atoms with E-state index in [-0.39, 0.29) is 5.69 Å². The van der Waals surface area contributed by atoms with E-state index in [0.29, 0.717) is 29.1 Å². The number of rotatable bonds is 5. The summed E-state index contributed by atoms with van der Waals surface area (Å²) in [7, 11) is 3.12. The van der Waals surface area contributed by atoms with E-state index in [0.717, 1.165) is 36.1 Å². The molecule has 0 saturated carbocycles. The van der Waals surface area contributed by atoms with Crippen molar-refractivity contribution in [2.24, 2.45) is 5.92 Å². The molecule has 0 aliphatic heterocycles. The van der Waals surface area contributed by atoms with Crippen LogP contribution < -0.4 is 14.8 Å². The van der Waals surface area contributed by atoms with Gasteiger partial charge in [0, 0.05) is 17.2 Å². The number of nitrogens with one attached hydrogen (secondary N) is 1. The lowest BCUT2D eigenvalue weighted by Gasteiger charge is -2.16. The van der Waals surface area contributed by atoms with Crippen LogP contribution >= 0.6 is 0 Å². The summed E-state index contributed by atoms with van der Waals surface area (Å²) < 4.78 is 21.2. The number of ether oxygens (including phenoxy) is 2. The Bertz CT molecular complexity index is 1010. The van der Waals surface area contributed by atoms with Crippen LogP contribution in [0.2, 0.25) is 0 Å². The van der Waals surface area contributed by atoms with E-state index in [1.54, 1.807) is 38.5 Å².